The normalized spacial score (nSPS) is 11.7. The van der Waals surface area contributed by atoms with Crippen molar-refractivity contribution < 1.29 is 14.3 Å². The van der Waals surface area contributed by atoms with Gasteiger partial charge in [-0.2, -0.15) is 0 Å². The van der Waals surface area contributed by atoms with Crippen LogP contribution in [-0.4, -0.2) is 35.9 Å². The molecule has 0 aliphatic carbocycles. The molecule has 0 bridgehead atoms. The Hall–Kier alpha value is -1.47. The molecule has 2 aromatic rings. The van der Waals surface area contributed by atoms with Crippen molar-refractivity contribution >= 4 is 62.5 Å². The lowest BCUT2D eigenvalue weighted by Crippen LogP contribution is -2.50. The molecule has 0 spiro atoms. The van der Waals surface area contributed by atoms with Crippen LogP contribution in [0.25, 0.3) is 0 Å². The number of hydrogen-bond acceptors (Lipinski definition) is 3. The van der Waals surface area contributed by atoms with Gasteiger partial charge in [0.1, 0.15) is 11.8 Å². The third kappa shape index (κ3) is 7.55. The van der Waals surface area contributed by atoms with Crippen molar-refractivity contribution in [2.45, 2.75) is 45.7 Å². The van der Waals surface area contributed by atoms with Crippen LogP contribution in [-0.2, 0) is 16.1 Å². The van der Waals surface area contributed by atoms with Crippen molar-refractivity contribution in [3.63, 3.8) is 0 Å². The predicted molar refractivity (Wildman–Crippen MR) is 134 cm³/mol. The van der Waals surface area contributed by atoms with E-state index in [-0.39, 0.29) is 25.0 Å². The third-order valence-corrected chi connectivity index (χ3v) is 6.41. The molecule has 2 aromatic carbocycles. The van der Waals surface area contributed by atoms with Crippen molar-refractivity contribution in [1.29, 1.82) is 0 Å². The first kappa shape index (κ1) is 26.8. The van der Waals surface area contributed by atoms with E-state index in [1.807, 2.05) is 13.8 Å². The molecule has 2 amide bonds. The number of nitrogens with one attached hydrogen (secondary N) is 1. The number of amides is 2. The van der Waals surface area contributed by atoms with Crippen LogP contribution in [0.1, 0.15) is 38.7 Å². The van der Waals surface area contributed by atoms with Crippen molar-refractivity contribution in [1.82, 2.24) is 10.2 Å². The summed E-state index contributed by atoms with van der Waals surface area (Å²) >= 11 is 22.0. The number of benzene rings is 2. The standard InChI is InChI=1S/C23H26BrCl3N2O3/c1-3-5-11-28-23(31)20(4-2)29(13-16-18(26)7-6-8-19(16)27)22(30)14-32-21-10-9-15(25)12-17(21)24/h6-10,12,20H,3-5,11,13-14H2,1-2H3,(H,28,31)/t20-/m1/s1. The monoisotopic (exact) mass is 562 g/mol. The van der Waals surface area contributed by atoms with E-state index < -0.39 is 6.04 Å². The van der Waals surface area contributed by atoms with Crippen LogP contribution in [0.3, 0.4) is 0 Å². The average molecular weight is 565 g/mol. The molecule has 1 N–H and O–H groups in total. The lowest BCUT2D eigenvalue weighted by atomic mass is 10.1. The zero-order valence-electron chi connectivity index (χ0n) is 18.0. The average Bonchev–Trinajstić information content (AvgIpc) is 2.75. The van der Waals surface area contributed by atoms with E-state index >= 15 is 0 Å². The minimum Gasteiger partial charge on any atom is -0.483 e. The fourth-order valence-corrected chi connectivity index (χ4v) is 4.41. The quantitative estimate of drug-likeness (QED) is 0.317. The first-order valence-corrected chi connectivity index (χ1v) is 12.3. The number of ether oxygens (including phenoxy) is 1. The van der Waals surface area contributed by atoms with Gasteiger partial charge in [0.2, 0.25) is 5.91 Å². The molecule has 0 unspecified atom stereocenters. The zero-order valence-corrected chi connectivity index (χ0v) is 21.8. The Labute approximate surface area is 212 Å². The predicted octanol–water partition coefficient (Wildman–Crippen LogP) is 6.51. The van der Waals surface area contributed by atoms with Gasteiger partial charge in [-0.15, -0.1) is 0 Å². The van der Waals surface area contributed by atoms with E-state index in [1.54, 1.807) is 36.4 Å². The maximum absolute atomic E-state index is 13.2. The topological polar surface area (TPSA) is 58.6 Å². The summed E-state index contributed by atoms with van der Waals surface area (Å²) in [5.41, 5.74) is 0.580. The fraction of sp³-hybridized carbons (Fsp3) is 0.391. The van der Waals surface area contributed by atoms with Gasteiger partial charge in [0.05, 0.1) is 4.47 Å². The highest BCUT2D eigenvalue weighted by molar-refractivity contribution is 9.10. The highest BCUT2D eigenvalue weighted by atomic mass is 79.9. The van der Waals surface area contributed by atoms with Gasteiger partial charge in [-0.3, -0.25) is 9.59 Å². The Bertz CT molecular complexity index is 922. The van der Waals surface area contributed by atoms with Gasteiger partial charge >= 0.3 is 0 Å². The Morgan fingerprint density at radius 3 is 2.41 bits per heavy atom. The molecule has 0 saturated heterocycles. The molecule has 2 rings (SSSR count). The lowest BCUT2D eigenvalue weighted by Gasteiger charge is -2.31. The van der Waals surface area contributed by atoms with Crippen LogP contribution >= 0.6 is 50.7 Å². The summed E-state index contributed by atoms with van der Waals surface area (Å²) in [6.07, 6.45) is 2.25. The van der Waals surface area contributed by atoms with Gasteiger partial charge in [0, 0.05) is 33.7 Å². The molecule has 0 radical (unpaired) electrons. The highest BCUT2D eigenvalue weighted by Crippen LogP contribution is 2.29. The lowest BCUT2D eigenvalue weighted by molar-refractivity contribution is -0.143. The third-order valence-electron chi connectivity index (χ3n) is 4.85. The van der Waals surface area contributed by atoms with Crippen molar-refractivity contribution in [2.75, 3.05) is 13.2 Å². The number of halogens is 4. The molecule has 174 valence electrons. The Morgan fingerprint density at radius 2 is 1.81 bits per heavy atom. The van der Waals surface area contributed by atoms with Crippen molar-refractivity contribution in [3.05, 3.63) is 61.5 Å². The van der Waals surface area contributed by atoms with Crippen LogP contribution in [0.2, 0.25) is 15.1 Å². The summed E-state index contributed by atoms with van der Waals surface area (Å²) in [5, 5.41) is 4.31. The summed E-state index contributed by atoms with van der Waals surface area (Å²) in [4.78, 5) is 27.6. The Balaban J connectivity index is 2.26. The molecule has 0 saturated carbocycles. The van der Waals surface area contributed by atoms with Crippen LogP contribution < -0.4 is 10.1 Å². The number of nitrogens with zero attached hydrogens (tertiary/aromatic N) is 1. The number of hydrogen-bond donors (Lipinski definition) is 1. The summed E-state index contributed by atoms with van der Waals surface area (Å²) in [5.74, 6) is -0.107. The number of rotatable bonds is 11. The van der Waals surface area contributed by atoms with Crippen LogP contribution in [0, 0.1) is 0 Å². The molecule has 0 aliphatic heterocycles. The van der Waals surface area contributed by atoms with Crippen molar-refractivity contribution in [3.8, 4) is 5.75 Å². The van der Waals surface area contributed by atoms with E-state index in [4.69, 9.17) is 39.5 Å². The SMILES string of the molecule is CCCCNC(=O)[C@@H](CC)N(Cc1c(Cl)cccc1Cl)C(=O)COc1ccc(Cl)cc1Br. The molecular weight excluding hydrogens is 539 g/mol. The maximum atomic E-state index is 13.2. The van der Waals surface area contributed by atoms with E-state index in [0.717, 1.165) is 12.8 Å². The van der Waals surface area contributed by atoms with Crippen LogP contribution in [0.5, 0.6) is 5.75 Å². The van der Waals surface area contributed by atoms with E-state index in [1.165, 1.54) is 4.90 Å². The minimum atomic E-state index is -0.691. The van der Waals surface area contributed by atoms with E-state index in [0.29, 0.717) is 43.8 Å². The van der Waals surface area contributed by atoms with E-state index in [2.05, 4.69) is 21.2 Å². The Kier molecular flexibility index (Phi) is 11.1. The highest BCUT2D eigenvalue weighted by Gasteiger charge is 2.30. The van der Waals surface area contributed by atoms with Gasteiger partial charge in [-0.1, -0.05) is 61.1 Å². The summed E-state index contributed by atoms with van der Waals surface area (Å²) < 4.78 is 6.34. The minimum absolute atomic E-state index is 0.0855. The number of carbonyl (C=O) groups excluding carboxylic acids is 2. The first-order chi connectivity index (χ1) is 15.3. The molecule has 0 fully saturated rings. The molecular formula is C23H26BrCl3N2O3. The largest absolute Gasteiger partial charge is 0.483 e. The van der Waals surface area contributed by atoms with Gasteiger partial charge in [-0.25, -0.2) is 0 Å². The van der Waals surface area contributed by atoms with Crippen molar-refractivity contribution in [2.24, 2.45) is 0 Å². The zero-order chi connectivity index (χ0) is 23.7. The summed E-state index contributed by atoms with van der Waals surface area (Å²) in [7, 11) is 0. The smallest absolute Gasteiger partial charge is 0.261 e. The van der Waals surface area contributed by atoms with Gasteiger partial charge in [0.25, 0.3) is 5.91 Å². The van der Waals surface area contributed by atoms with Crippen LogP contribution in [0.4, 0.5) is 0 Å². The number of carbonyl (C=O) groups is 2. The fourth-order valence-electron chi connectivity index (χ4n) is 3.09. The number of unbranched alkanes of at least 4 members (excludes halogenated alkanes) is 1. The summed E-state index contributed by atoms with van der Waals surface area (Å²) in [6, 6.07) is 9.47. The molecule has 5 nitrogen and oxygen atoms in total. The first-order valence-electron chi connectivity index (χ1n) is 10.4. The second kappa shape index (κ2) is 13.3. The van der Waals surface area contributed by atoms with Gasteiger partial charge in [-0.05, 0) is 59.1 Å². The molecule has 0 aliphatic rings. The van der Waals surface area contributed by atoms with Gasteiger partial charge in [0.15, 0.2) is 6.61 Å². The molecule has 32 heavy (non-hydrogen) atoms. The second-order valence-corrected chi connectivity index (χ2v) is 9.26. The molecule has 9 heteroatoms. The Morgan fingerprint density at radius 1 is 1.12 bits per heavy atom. The second-order valence-electron chi connectivity index (χ2n) is 7.15. The maximum Gasteiger partial charge on any atom is 0.261 e. The molecule has 1 atom stereocenters. The van der Waals surface area contributed by atoms with Gasteiger partial charge < -0.3 is 15.0 Å². The van der Waals surface area contributed by atoms with Crippen LogP contribution in [0.15, 0.2) is 40.9 Å². The molecule has 0 heterocycles. The van der Waals surface area contributed by atoms with E-state index in [9.17, 15) is 9.59 Å². The summed E-state index contributed by atoms with van der Waals surface area (Å²) in [6.45, 7) is 4.28. The molecule has 0 aromatic heterocycles.